The smallest absolute Gasteiger partial charge is 0.309 e. The molecule has 0 aliphatic carbocycles. The van der Waals surface area contributed by atoms with E-state index in [9.17, 15) is 4.79 Å². The second-order valence-corrected chi connectivity index (χ2v) is 4.42. The van der Waals surface area contributed by atoms with E-state index in [1.807, 2.05) is 6.92 Å². The second-order valence-electron chi connectivity index (χ2n) is 4.42. The number of hydrogen-bond acceptors (Lipinski definition) is 3. The number of carboxylic acids is 1. The van der Waals surface area contributed by atoms with Gasteiger partial charge in [0.15, 0.2) is 0 Å². The van der Waals surface area contributed by atoms with E-state index in [4.69, 9.17) is 14.9 Å². The molecule has 0 heterocycles. The summed E-state index contributed by atoms with van der Waals surface area (Å²) in [6.45, 7) is 6.47. The summed E-state index contributed by atoms with van der Waals surface area (Å²) in [7, 11) is 0. The van der Waals surface area contributed by atoms with Crippen molar-refractivity contribution in [1.82, 2.24) is 0 Å². The predicted molar refractivity (Wildman–Crippen MR) is 66.7 cm³/mol. The van der Waals surface area contributed by atoms with Crippen LogP contribution in [-0.4, -0.2) is 23.8 Å². The highest BCUT2D eigenvalue weighted by Gasteiger charge is 2.25. The first-order valence-electron chi connectivity index (χ1n) is 6.64. The lowest BCUT2D eigenvalue weighted by atomic mass is 9.97. The number of aliphatic carboxylic acids is 1. The van der Waals surface area contributed by atoms with Gasteiger partial charge >= 0.3 is 5.97 Å². The van der Waals surface area contributed by atoms with Gasteiger partial charge < -0.3 is 5.11 Å². The molecule has 2 unspecified atom stereocenters. The van der Waals surface area contributed by atoms with E-state index < -0.39 is 11.9 Å². The normalized spacial score (nSPS) is 14.5. The standard InChI is InChI=1S/C13H26O4/c1-4-6-8-10-16-17-11(3)12(13(14)15)9-7-5-2/h11-12H,4-10H2,1-3H3,(H,14,15). The maximum Gasteiger partial charge on any atom is 0.309 e. The largest absolute Gasteiger partial charge is 0.481 e. The van der Waals surface area contributed by atoms with Crippen LogP contribution in [0.2, 0.25) is 0 Å². The van der Waals surface area contributed by atoms with E-state index in [0.29, 0.717) is 13.0 Å². The van der Waals surface area contributed by atoms with Crippen LogP contribution in [0.15, 0.2) is 0 Å². The topological polar surface area (TPSA) is 55.8 Å². The fraction of sp³-hybridized carbons (Fsp3) is 0.923. The Kier molecular flexibility index (Phi) is 10.2. The molecule has 102 valence electrons. The minimum Gasteiger partial charge on any atom is -0.481 e. The average Bonchev–Trinajstić information content (AvgIpc) is 2.29. The quantitative estimate of drug-likeness (QED) is 0.345. The highest BCUT2D eigenvalue weighted by atomic mass is 17.2. The first-order chi connectivity index (χ1) is 8.13. The van der Waals surface area contributed by atoms with Gasteiger partial charge in [0.2, 0.25) is 0 Å². The van der Waals surface area contributed by atoms with Gasteiger partial charge in [-0.1, -0.05) is 39.5 Å². The molecule has 0 aromatic rings. The summed E-state index contributed by atoms with van der Waals surface area (Å²) in [6.07, 6.45) is 5.35. The minimum absolute atomic E-state index is 0.388. The first-order valence-corrected chi connectivity index (χ1v) is 6.64. The van der Waals surface area contributed by atoms with Crippen molar-refractivity contribution in [3.63, 3.8) is 0 Å². The highest BCUT2D eigenvalue weighted by molar-refractivity contribution is 5.70. The van der Waals surface area contributed by atoms with Crippen molar-refractivity contribution in [1.29, 1.82) is 0 Å². The Balaban J connectivity index is 3.80. The van der Waals surface area contributed by atoms with Gasteiger partial charge in [0, 0.05) is 0 Å². The van der Waals surface area contributed by atoms with Gasteiger partial charge in [-0.15, -0.1) is 0 Å². The number of unbranched alkanes of at least 4 members (excludes halogenated alkanes) is 3. The molecule has 4 nitrogen and oxygen atoms in total. The van der Waals surface area contributed by atoms with Crippen LogP contribution in [0, 0.1) is 5.92 Å². The Morgan fingerprint density at radius 2 is 1.82 bits per heavy atom. The molecule has 0 spiro atoms. The molecule has 17 heavy (non-hydrogen) atoms. The van der Waals surface area contributed by atoms with Crippen LogP contribution in [-0.2, 0) is 14.6 Å². The lowest BCUT2D eigenvalue weighted by Crippen LogP contribution is -2.28. The zero-order valence-electron chi connectivity index (χ0n) is 11.3. The Morgan fingerprint density at radius 3 is 2.35 bits per heavy atom. The average molecular weight is 246 g/mol. The lowest BCUT2D eigenvalue weighted by Gasteiger charge is -2.19. The molecule has 2 atom stereocenters. The molecule has 4 heteroatoms. The first kappa shape index (κ1) is 16.4. The maximum absolute atomic E-state index is 11.0. The Morgan fingerprint density at radius 1 is 1.18 bits per heavy atom. The molecule has 1 N–H and O–H groups in total. The molecule has 0 aromatic carbocycles. The molecule has 0 aromatic heterocycles. The van der Waals surface area contributed by atoms with E-state index in [-0.39, 0.29) is 6.10 Å². The molecule has 0 amide bonds. The SMILES string of the molecule is CCCCCOOC(C)C(CCCC)C(=O)O. The molecule has 0 aliphatic rings. The third kappa shape index (κ3) is 8.16. The van der Waals surface area contributed by atoms with E-state index >= 15 is 0 Å². The van der Waals surface area contributed by atoms with Crippen LogP contribution in [0.25, 0.3) is 0 Å². The van der Waals surface area contributed by atoms with Gasteiger partial charge in [-0.25, -0.2) is 9.78 Å². The summed E-state index contributed by atoms with van der Waals surface area (Å²) >= 11 is 0. The molecule has 0 radical (unpaired) electrons. The minimum atomic E-state index is -0.803. The molecule has 0 saturated carbocycles. The van der Waals surface area contributed by atoms with Crippen LogP contribution in [0.1, 0.15) is 59.3 Å². The van der Waals surface area contributed by atoms with Crippen LogP contribution < -0.4 is 0 Å². The van der Waals surface area contributed by atoms with Crippen molar-refractivity contribution in [3.05, 3.63) is 0 Å². The zero-order valence-corrected chi connectivity index (χ0v) is 11.3. The third-order valence-electron chi connectivity index (χ3n) is 2.80. The van der Waals surface area contributed by atoms with Gasteiger partial charge in [0.05, 0.1) is 12.5 Å². The molecular weight excluding hydrogens is 220 g/mol. The molecular formula is C13H26O4. The summed E-state index contributed by atoms with van der Waals surface area (Å²) < 4.78 is 0. The van der Waals surface area contributed by atoms with E-state index in [1.165, 1.54) is 0 Å². The molecule has 0 rings (SSSR count). The fourth-order valence-electron chi connectivity index (χ4n) is 1.62. The Bertz CT molecular complexity index is 194. The summed E-state index contributed by atoms with van der Waals surface area (Å²) in [5, 5.41) is 9.08. The number of carboxylic acid groups (broad SMARTS) is 1. The summed E-state index contributed by atoms with van der Waals surface area (Å²) in [6, 6.07) is 0. The van der Waals surface area contributed by atoms with Crippen LogP contribution >= 0.6 is 0 Å². The number of rotatable bonds is 11. The van der Waals surface area contributed by atoms with Gasteiger partial charge in [0.25, 0.3) is 0 Å². The molecule has 0 aliphatic heterocycles. The molecule has 0 fully saturated rings. The van der Waals surface area contributed by atoms with Gasteiger partial charge in [-0.3, -0.25) is 4.79 Å². The highest BCUT2D eigenvalue weighted by Crippen LogP contribution is 2.16. The summed E-state index contributed by atoms with van der Waals surface area (Å²) in [5.41, 5.74) is 0. The van der Waals surface area contributed by atoms with Gasteiger partial charge in [-0.05, 0) is 19.8 Å². The third-order valence-corrected chi connectivity index (χ3v) is 2.80. The molecule has 0 saturated heterocycles. The van der Waals surface area contributed by atoms with Crippen LogP contribution in [0.5, 0.6) is 0 Å². The second kappa shape index (κ2) is 10.5. The number of carbonyl (C=O) groups is 1. The van der Waals surface area contributed by atoms with Crippen molar-refractivity contribution in [2.45, 2.75) is 65.4 Å². The van der Waals surface area contributed by atoms with Gasteiger partial charge in [0.1, 0.15) is 6.10 Å². The Labute approximate surface area is 104 Å². The monoisotopic (exact) mass is 246 g/mol. The van der Waals surface area contributed by atoms with Crippen molar-refractivity contribution in [2.75, 3.05) is 6.61 Å². The molecule has 0 bridgehead atoms. The van der Waals surface area contributed by atoms with E-state index in [0.717, 1.165) is 32.1 Å². The van der Waals surface area contributed by atoms with E-state index in [2.05, 4.69) is 6.92 Å². The van der Waals surface area contributed by atoms with E-state index in [1.54, 1.807) is 6.92 Å². The van der Waals surface area contributed by atoms with Gasteiger partial charge in [-0.2, -0.15) is 0 Å². The predicted octanol–water partition coefficient (Wildman–Crippen LogP) is 3.40. The van der Waals surface area contributed by atoms with Crippen molar-refractivity contribution in [2.24, 2.45) is 5.92 Å². The zero-order chi connectivity index (χ0) is 13.1. The Hall–Kier alpha value is -0.610. The van der Waals surface area contributed by atoms with Crippen LogP contribution in [0.4, 0.5) is 0 Å². The van der Waals surface area contributed by atoms with Crippen LogP contribution in [0.3, 0.4) is 0 Å². The summed E-state index contributed by atoms with van der Waals surface area (Å²) in [4.78, 5) is 21.2. The van der Waals surface area contributed by atoms with Crippen molar-refractivity contribution < 1.29 is 19.7 Å². The number of hydrogen-bond donors (Lipinski definition) is 1. The fourth-order valence-corrected chi connectivity index (χ4v) is 1.62. The maximum atomic E-state index is 11.0. The van der Waals surface area contributed by atoms with Crippen molar-refractivity contribution >= 4 is 5.97 Å². The van der Waals surface area contributed by atoms with Crippen molar-refractivity contribution in [3.8, 4) is 0 Å². The summed E-state index contributed by atoms with van der Waals surface area (Å²) in [5.74, 6) is -1.27. The lowest BCUT2D eigenvalue weighted by molar-refractivity contribution is -0.329.